The number of fused-ring (bicyclic) bond motifs is 1. The summed E-state index contributed by atoms with van der Waals surface area (Å²) in [6.07, 6.45) is 4.21. The number of carbonyl (C=O) groups is 2. The van der Waals surface area contributed by atoms with Gasteiger partial charge in [0.1, 0.15) is 28.7 Å². The summed E-state index contributed by atoms with van der Waals surface area (Å²) in [7, 11) is 3.00. The monoisotopic (exact) mass is 657 g/mol. The summed E-state index contributed by atoms with van der Waals surface area (Å²) >= 11 is 0. The van der Waals surface area contributed by atoms with E-state index in [2.05, 4.69) is 15.3 Å². The summed E-state index contributed by atoms with van der Waals surface area (Å²) < 4.78 is 56.3. The largest absolute Gasteiger partial charge is 0.496 e. The number of methoxy groups -OCH3 is 1. The third kappa shape index (κ3) is 6.29. The van der Waals surface area contributed by atoms with Crippen LogP contribution in [0.4, 0.5) is 13.2 Å². The normalized spacial score (nSPS) is 17.4. The van der Waals surface area contributed by atoms with Gasteiger partial charge in [0.05, 0.1) is 24.3 Å². The standard InChI is InChI=1S/C37H34F3N3O5/c1-4-6-22-16-31-28(32(34(45)41-2)33(48-31)21-7-10-24(38)11-8-21)17-26(22)23-9-12-30(46-3)27(15-23)29(44)20-37(35-42-13-5-14-43-35)18-25(19-37)47-36(39)40/h5,7-17,25,36H,4,6,18-20H2,1-3H3,(H,41,45). The van der Waals surface area contributed by atoms with Crippen molar-refractivity contribution in [2.24, 2.45) is 0 Å². The first-order chi connectivity index (χ1) is 23.2. The van der Waals surface area contributed by atoms with Crippen LogP contribution in [0.5, 0.6) is 5.75 Å². The predicted molar refractivity (Wildman–Crippen MR) is 174 cm³/mol. The average Bonchev–Trinajstić information content (AvgIpc) is 3.45. The number of halogens is 3. The highest BCUT2D eigenvalue weighted by atomic mass is 19.3. The number of hydrogen-bond acceptors (Lipinski definition) is 7. The van der Waals surface area contributed by atoms with Crippen LogP contribution in [0.25, 0.3) is 33.4 Å². The zero-order valence-electron chi connectivity index (χ0n) is 26.7. The van der Waals surface area contributed by atoms with Crippen molar-refractivity contribution in [2.45, 2.75) is 57.2 Å². The van der Waals surface area contributed by atoms with Crippen molar-refractivity contribution in [3.8, 4) is 28.2 Å². The first-order valence-electron chi connectivity index (χ1n) is 15.7. The Bertz CT molecular complexity index is 1960. The summed E-state index contributed by atoms with van der Waals surface area (Å²) in [4.78, 5) is 36.0. The highest BCUT2D eigenvalue weighted by molar-refractivity contribution is 6.12. The van der Waals surface area contributed by atoms with E-state index < -0.39 is 23.9 Å². The molecule has 1 aliphatic carbocycles. The number of Topliss-reactive ketones (excluding diaryl/α,β-unsaturated/α-hetero) is 1. The lowest BCUT2D eigenvalue weighted by Gasteiger charge is -2.45. The Balaban J connectivity index is 1.43. The van der Waals surface area contributed by atoms with Crippen molar-refractivity contribution in [2.75, 3.05) is 14.2 Å². The topological polar surface area (TPSA) is 104 Å². The van der Waals surface area contributed by atoms with Crippen LogP contribution in [0.15, 0.2) is 77.5 Å². The van der Waals surface area contributed by atoms with E-state index in [1.807, 2.05) is 25.1 Å². The quantitative estimate of drug-likeness (QED) is 0.136. The second-order valence-corrected chi connectivity index (χ2v) is 11.9. The average molecular weight is 658 g/mol. The van der Waals surface area contributed by atoms with E-state index in [-0.39, 0.29) is 31.0 Å². The van der Waals surface area contributed by atoms with E-state index in [9.17, 15) is 22.8 Å². The molecule has 0 atom stereocenters. The molecule has 1 aliphatic rings. The molecule has 1 fully saturated rings. The van der Waals surface area contributed by atoms with Gasteiger partial charge in [-0.2, -0.15) is 8.78 Å². The molecule has 3 aromatic carbocycles. The molecule has 0 bridgehead atoms. The van der Waals surface area contributed by atoms with Gasteiger partial charge < -0.3 is 19.2 Å². The Labute approximate surface area is 275 Å². The third-order valence-corrected chi connectivity index (χ3v) is 8.88. The predicted octanol–water partition coefficient (Wildman–Crippen LogP) is 7.93. The number of aromatic nitrogens is 2. The van der Waals surface area contributed by atoms with Gasteiger partial charge in [0, 0.05) is 42.2 Å². The molecule has 8 nitrogen and oxygen atoms in total. The van der Waals surface area contributed by atoms with E-state index in [0.717, 1.165) is 23.1 Å². The lowest BCUT2D eigenvalue weighted by atomic mass is 9.63. The molecule has 2 heterocycles. The molecule has 0 aliphatic heterocycles. The van der Waals surface area contributed by atoms with E-state index in [0.29, 0.717) is 51.4 Å². The molecule has 48 heavy (non-hydrogen) atoms. The van der Waals surface area contributed by atoms with Crippen molar-refractivity contribution in [3.63, 3.8) is 0 Å². The van der Waals surface area contributed by atoms with Crippen molar-refractivity contribution in [1.29, 1.82) is 0 Å². The highest BCUT2D eigenvalue weighted by Crippen LogP contribution is 2.48. The van der Waals surface area contributed by atoms with Gasteiger partial charge >= 0.3 is 6.61 Å². The number of benzene rings is 3. The molecule has 248 valence electrons. The number of carbonyl (C=O) groups excluding carboxylic acids is 2. The van der Waals surface area contributed by atoms with Crippen LogP contribution in [0, 0.1) is 5.82 Å². The Hall–Kier alpha value is -5.03. The van der Waals surface area contributed by atoms with Crippen LogP contribution in [0.3, 0.4) is 0 Å². The fourth-order valence-electron chi connectivity index (χ4n) is 6.61. The fourth-order valence-corrected chi connectivity index (χ4v) is 6.61. The number of nitrogens with one attached hydrogen (secondary N) is 1. The van der Waals surface area contributed by atoms with Crippen molar-refractivity contribution < 1.29 is 36.7 Å². The minimum Gasteiger partial charge on any atom is -0.496 e. The van der Waals surface area contributed by atoms with Crippen LogP contribution in [-0.2, 0) is 16.6 Å². The number of ketones is 1. The molecule has 0 radical (unpaired) electrons. The molecular formula is C37H34F3N3O5. The third-order valence-electron chi connectivity index (χ3n) is 8.88. The molecule has 0 saturated heterocycles. The van der Waals surface area contributed by atoms with E-state index in [1.165, 1.54) is 26.3 Å². The fraction of sp³-hybridized carbons (Fsp3) is 0.297. The van der Waals surface area contributed by atoms with Crippen LogP contribution in [0.1, 0.15) is 64.7 Å². The van der Waals surface area contributed by atoms with Crippen LogP contribution < -0.4 is 10.1 Å². The maximum Gasteiger partial charge on any atom is 0.345 e. The summed E-state index contributed by atoms with van der Waals surface area (Å²) in [5, 5.41) is 3.25. The Kier molecular flexibility index (Phi) is 9.32. The molecular weight excluding hydrogens is 623 g/mol. The Morgan fingerprint density at radius 2 is 1.75 bits per heavy atom. The second kappa shape index (κ2) is 13.6. The SMILES string of the molecule is CCCc1cc2oc(-c3ccc(F)cc3)c(C(=O)NC)c2cc1-c1ccc(OC)c(C(=O)CC2(c3ncccn3)CC(OC(F)F)C2)c1. The maximum absolute atomic E-state index is 14.1. The van der Waals surface area contributed by atoms with Gasteiger partial charge in [0.2, 0.25) is 0 Å². The number of aryl methyl sites for hydroxylation is 1. The molecule has 6 rings (SSSR count). The minimum atomic E-state index is -2.92. The molecule has 1 N–H and O–H groups in total. The number of ether oxygens (including phenoxy) is 2. The number of alkyl halides is 2. The number of rotatable bonds is 12. The summed E-state index contributed by atoms with van der Waals surface area (Å²) in [6.45, 7) is -0.869. The number of furan rings is 1. The van der Waals surface area contributed by atoms with Crippen molar-refractivity contribution in [1.82, 2.24) is 15.3 Å². The van der Waals surface area contributed by atoms with Crippen LogP contribution in [-0.4, -0.2) is 48.5 Å². The Morgan fingerprint density at radius 1 is 1.04 bits per heavy atom. The molecule has 5 aromatic rings. The lowest BCUT2D eigenvalue weighted by molar-refractivity contribution is -0.196. The maximum atomic E-state index is 14.1. The van der Waals surface area contributed by atoms with Gasteiger partial charge in [0.15, 0.2) is 5.78 Å². The van der Waals surface area contributed by atoms with Crippen molar-refractivity contribution in [3.05, 3.63) is 101 Å². The minimum absolute atomic E-state index is 0.0373. The van der Waals surface area contributed by atoms with E-state index in [1.54, 1.807) is 42.7 Å². The Morgan fingerprint density at radius 3 is 2.40 bits per heavy atom. The summed E-state index contributed by atoms with van der Waals surface area (Å²) in [5.74, 6) is 0.0429. The first-order valence-corrected chi connectivity index (χ1v) is 15.7. The zero-order valence-corrected chi connectivity index (χ0v) is 26.7. The first kappa shape index (κ1) is 32.9. The summed E-state index contributed by atoms with van der Waals surface area (Å²) in [5.41, 5.74) is 3.26. The van der Waals surface area contributed by atoms with Gasteiger partial charge in [0.25, 0.3) is 5.91 Å². The lowest BCUT2D eigenvalue weighted by Crippen LogP contribution is -2.49. The number of amides is 1. The van der Waals surface area contributed by atoms with Crippen LogP contribution >= 0.6 is 0 Å². The summed E-state index contributed by atoms with van der Waals surface area (Å²) in [6, 6.07) is 16.5. The number of nitrogens with zero attached hydrogens (tertiary/aromatic N) is 2. The van der Waals surface area contributed by atoms with Crippen molar-refractivity contribution >= 4 is 22.7 Å². The van der Waals surface area contributed by atoms with E-state index in [4.69, 9.17) is 13.9 Å². The van der Waals surface area contributed by atoms with E-state index >= 15 is 0 Å². The molecule has 0 spiro atoms. The van der Waals surface area contributed by atoms with Gasteiger partial charge in [-0.05, 0) is 90.6 Å². The number of hydrogen-bond donors (Lipinski definition) is 1. The smallest absolute Gasteiger partial charge is 0.345 e. The molecule has 11 heteroatoms. The van der Waals surface area contributed by atoms with Gasteiger partial charge in [-0.1, -0.05) is 19.4 Å². The highest BCUT2D eigenvalue weighted by Gasteiger charge is 2.50. The second-order valence-electron chi connectivity index (χ2n) is 11.9. The van der Waals surface area contributed by atoms with Gasteiger partial charge in [-0.25, -0.2) is 14.4 Å². The van der Waals surface area contributed by atoms with Gasteiger partial charge in [-0.15, -0.1) is 0 Å². The molecule has 1 amide bonds. The van der Waals surface area contributed by atoms with Gasteiger partial charge in [-0.3, -0.25) is 9.59 Å². The molecule has 0 unspecified atom stereocenters. The van der Waals surface area contributed by atoms with Crippen LogP contribution in [0.2, 0.25) is 0 Å². The molecule has 2 aromatic heterocycles. The molecule has 1 saturated carbocycles. The zero-order chi connectivity index (χ0) is 34.0.